The third-order valence-electron chi connectivity index (χ3n) is 1.66. The van der Waals surface area contributed by atoms with Gasteiger partial charge < -0.3 is 4.74 Å². The van der Waals surface area contributed by atoms with Crippen LogP contribution in [0.15, 0.2) is 33.0 Å². The molecule has 0 atom stereocenters. The minimum Gasteiger partial charge on any atom is -0.502 e. The molecule has 1 N–H and O–H groups in total. The molecule has 1 rings (SSSR count). The van der Waals surface area contributed by atoms with E-state index in [1.165, 1.54) is 17.6 Å². The standard InChI is InChI=1S/C9H12BrNO3S2/c1-2-14-7-3-6-11-16(12,13)9-5-4-8(10)15-9/h2,4-5,11H,1,3,6-7H2. The molecule has 4 nitrogen and oxygen atoms in total. The van der Waals surface area contributed by atoms with Crippen LogP contribution in [0.25, 0.3) is 0 Å². The number of nitrogens with one attached hydrogen (secondary N) is 1. The molecule has 0 fully saturated rings. The zero-order chi connectivity index (χ0) is 12.0. The van der Waals surface area contributed by atoms with E-state index in [-0.39, 0.29) is 0 Å². The molecule has 16 heavy (non-hydrogen) atoms. The van der Waals surface area contributed by atoms with Crippen molar-refractivity contribution in [3.63, 3.8) is 0 Å². The van der Waals surface area contributed by atoms with Gasteiger partial charge in [-0.25, -0.2) is 13.1 Å². The Bertz CT molecular complexity index is 441. The van der Waals surface area contributed by atoms with E-state index < -0.39 is 10.0 Å². The van der Waals surface area contributed by atoms with Gasteiger partial charge in [-0.3, -0.25) is 0 Å². The summed E-state index contributed by atoms with van der Waals surface area (Å²) in [6, 6.07) is 3.28. The lowest BCUT2D eigenvalue weighted by molar-refractivity contribution is 0.247. The second kappa shape index (κ2) is 6.39. The van der Waals surface area contributed by atoms with Crippen LogP contribution in [0.4, 0.5) is 0 Å². The van der Waals surface area contributed by atoms with Gasteiger partial charge in [-0.1, -0.05) is 6.58 Å². The van der Waals surface area contributed by atoms with Crippen molar-refractivity contribution < 1.29 is 13.2 Å². The molecule has 0 bridgehead atoms. The summed E-state index contributed by atoms with van der Waals surface area (Å²) in [6.45, 7) is 4.20. The lowest BCUT2D eigenvalue weighted by atomic mass is 10.5. The lowest BCUT2D eigenvalue weighted by Gasteiger charge is -2.04. The van der Waals surface area contributed by atoms with Gasteiger partial charge in [-0.15, -0.1) is 11.3 Å². The first kappa shape index (κ1) is 13.7. The number of rotatable bonds is 7. The van der Waals surface area contributed by atoms with Crippen LogP contribution in [0.1, 0.15) is 6.42 Å². The van der Waals surface area contributed by atoms with Crippen molar-refractivity contribution in [2.75, 3.05) is 13.2 Å². The van der Waals surface area contributed by atoms with Gasteiger partial charge in [0.05, 0.1) is 16.7 Å². The number of hydrogen-bond donors (Lipinski definition) is 1. The average molecular weight is 326 g/mol. The Morgan fingerprint density at radius 3 is 2.88 bits per heavy atom. The van der Waals surface area contributed by atoms with Crippen LogP contribution in [0.2, 0.25) is 0 Å². The minimum atomic E-state index is -3.37. The smallest absolute Gasteiger partial charge is 0.250 e. The zero-order valence-corrected chi connectivity index (χ0v) is 11.7. The predicted octanol–water partition coefficient (Wildman–Crippen LogP) is 2.34. The van der Waals surface area contributed by atoms with E-state index >= 15 is 0 Å². The van der Waals surface area contributed by atoms with Crippen molar-refractivity contribution in [2.24, 2.45) is 0 Å². The van der Waals surface area contributed by atoms with Crippen LogP contribution in [0.3, 0.4) is 0 Å². The van der Waals surface area contributed by atoms with Gasteiger partial charge in [0.1, 0.15) is 4.21 Å². The van der Waals surface area contributed by atoms with E-state index in [2.05, 4.69) is 27.2 Å². The summed E-state index contributed by atoms with van der Waals surface area (Å²) in [7, 11) is -3.37. The normalized spacial score (nSPS) is 11.3. The summed E-state index contributed by atoms with van der Waals surface area (Å²) >= 11 is 4.40. The maximum Gasteiger partial charge on any atom is 0.250 e. The maximum absolute atomic E-state index is 11.7. The predicted molar refractivity (Wildman–Crippen MR) is 68.0 cm³/mol. The third-order valence-corrected chi connectivity index (χ3v) is 5.24. The Labute approximate surface area is 107 Å². The number of ether oxygens (including phenoxy) is 1. The van der Waals surface area contributed by atoms with Gasteiger partial charge in [0, 0.05) is 6.54 Å². The fourth-order valence-corrected chi connectivity index (χ4v) is 4.09. The molecule has 0 unspecified atom stereocenters. The number of halogens is 1. The van der Waals surface area contributed by atoms with E-state index in [0.29, 0.717) is 23.8 Å². The highest BCUT2D eigenvalue weighted by Gasteiger charge is 2.15. The second-order valence-electron chi connectivity index (χ2n) is 2.85. The molecule has 0 aliphatic heterocycles. The molecule has 0 aliphatic carbocycles. The van der Waals surface area contributed by atoms with Crippen molar-refractivity contribution in [1.82, 2.24) is 4.72 Å². The molecule has 90 valence electrons. The minimum absolute atomic E-state index is 0.309. The highest BCUT2D eigenvalue weighted by atomic mass is 79.9. The first-order valence-electron chi connectivity index (χ1n) is 4.54. The molecule has 0 spiro atoms. The first-order chi connectivity index (χ1) is 7.56. The van der Waals surface area contributed by atoms with E-state index in [4.69, 9.17) is 4.74 Å². The Balaban J connectivity index is 2.44. The molecule has 7 heteroatoms. The molecule has 0 aliphatic rings. The van der Waals surface area contributed by atoms with Crippen molar-refractivity contribution in [3.8, 4) is 0 Å². The van der Waals surface area contributed by atoms with Crippen molar-refractivity contribution >= 4 is 37.3 Å². The van der Waals surface area contributed by atoms with Gasteiger partial charge in [0.15, 0.2) is 0 Å². The van der Waals surface area contributed by atoms with Crippen molar-refractivity contribution in [2.45, 2.75) is 10.6 Å². The van der Waals surface area contributed by atoms with E-state index in [0.717, 1.165) is 3.79 Å². The number of sulfonamides is 1. The first-order valence-corrected chi connectivity index (χ1v) is 7.63. The number of thiophene rings is 1. The lowest BCUT2D eigenvalue weighted by Crippen LogP contribution is -2.24. The molecule has 0 amide bonds. The highest BCUT2D eigenvalue weighted by Crippen LogP contribution is 2.25. The maximum atomic E-state index is 11.7. The Morgan fingerprint density at radius 2 is 2.31 bits per heavy atom. The molecule has 1 aromatic rings. The second-order valence-corrected chi connectivity index (χ2v) is 7.30. The molecule has 0 aromatic carbocycles. The molecule has 1 aromatic heterocycles. The third kappa shape index (κ3) is 4.25. The number of hydrogen-bond acceptors (Lipinski definition) is 4. The molecular weight excluding hydrogens is 314 g/mol. The van der Waals surface area contributed by atoms with E-state index in [9.17, 15) is 8.42 Å². The Hall–Kier alpha value is -0.370. The summed E-state index contributed by atoms with van der Waals surface area (Å²) < 4.78 is 31.9. The zero-order valence-electron chi connectivity index (χ0n) is 8.48. The Morgan fingerprint density at radius 1 is 1.56 bits per heavy atom. The SMILES string of the molecule is C=COCCCNS(=O)(=O)c1ccc(Br)s1. The van der Waals surface area contributed by atoms with Crippen molar-refractivity contribution in [3.05, 3.63) is 28.8 Å². The van der Waals surface area contributed by atoms with Gasteiger partial charge in [0.2, 0.25) is 10.0 Å². The Kier molecular flexibility index (Phi) is 5.47. The fraction of sp³-hybridized carbons (Fsp3) is 0.333. The summed E-state index contributed by atoms with van der Waals surface area (Å²) in [6.07, 6.45) is 1.95. The van der Waals surface area contributed by atoms with Gasteiger partial charge >= 0.3 is 0 Å². The molecule has 0 radical (unpaired) electrons. The molecule has 0 saturated carbocycles. The monoisotopic (exact) mass is 325 g/mol. The van der Waals surface area contributed by atoms with Crippen LogP contribution in [0, 0.1) is 0 Å². The topological polar surface area (TPSA) is 55.4 Å². The van der Waals surface area contributed by atoms with Crippen molar-refractivity contribution in [1.29, 1.82) is 0 Å². The summed E-state index contributed by atoms with van der Waals surface area (Å²) in [4.78, 5) is 0. The quantitative estimate of drug-likeness (QED) is 0.618. The summed E-state index contributed by atoms with van der Waals surface area (Å²) in [5.41, 5.74) is 0. The van der Waals surface area contributed by atoms with Crippen LogP contribution in [-0.2, 0) is 14.8 Å². The van der Waals surface area contributed by atoms with Crippen LogP contribution < -0.4 is 4.72 Å². The summed E-state index contributed by atoms with van der Waals surface area (Å²) in [5.74, 6) is 0. The fourth-order valence-electron chi connectivity index (χ4n) is 0.959. The van der Waals surface area contributed by atoms with E-state index in [1.807, 2.05) is 0 Å². The van der Waals surface area contributed by atoms with Gasteiger partial charge in [0.25, 0.3) is 0 Å². The highest BCUT2D eigenvalue weighted by molar-refractivity contribution is 9.11. The van der Waals surface area contributed by atoms with Crippen LogP contribution in [-0.4, -0.2) is 21.6 Å². The van der Waals surface area contributed by atoms with Gasteiger partial charge in [-0.05, 0) is 34.5 Å². The van der Waals surface area contributed by atoms with Crippen LogP contribution in [0.5, 0.6) is 0 Å². The molecule has 1 heterocycles. The van der Waals surface area contributed by atoms with E-state index in [1.54, 1.807) is 12.1 Å². The largest absolute Gasteiger partial charge is 0.502 e. The van der Waals surface area contributed by atoms with Crippen LogP contribution >= 0.6 is 27.3 Å². The van der Waals surface area contributed by atoms with Gasteiger partial charge in [-0.2, -0.15) is 0 Å². The average Bonchev–Trinajstić information content (AvgIpc) is 2.65. The molecule has 0 saturated heterocycles. The summed E-state index contributed by atoms with van der Waals surface area (Å²) in [5, 5.41) is 0. The molecular formula is C9H12BrNO3S2.